The van der Waals surface area contributed by atoms with E-state index < -0.39 is 8.07 Å². The van der Waals surface area contributed by atoms with E-state index in [2.05, 4.69) is 58.0 Å². The Morgan fingerprint density at radius 1 is 1.18 bits per heavy atom. The molecule has 0 unspecified atom stereocenters. The number of halogens is 1. The zero-order valence-electron chi connectivity index (χ0n) is 10.3. The second kappa shape index (κ2) is 4.74. The fourth-order valence-corrected chi connectivity index (χ4v) is 4.77. The van der Waals surface area contributed by atoms with Crippen LogP contribution >= 0.6 is 15.9 Å². The Kier molecular flexibility index (Phi) is 3.49. The molecule has 0 amide bonds. The van der Waals surface area contributed by atoms with E-state index in [1.54, 1.807) is 0 Å². The Morgan fingerprint density at radius 3 is 2.35 bits per heavy atom. The van der Waals surface area contributed by atoms with Crippen molar-refractivity contribution in [2.45, 2.75) is 26.2 Å². The van der Waals surface area contributed by atoms with Crippen LogP contribution in [0.5, 0.6) is 0 Å². The van der Waals surface area contributed by atoms with Crippen LogP contribution in [-0.2, 0) is 6.54 Å². The van der Waals surface area contributed by atoms with Gasteiger partial charge in [-0.2, -0.15) is 0 Å². The first-order valence-corrected chi connectivity index (χ1v) is 9.91. The number of rotatable bonds is 3. The summed E-state index contributed by atoms with van der Waals surface area (Å²) in [6.07, 6.45) is 0. The fourth-order valence-electron chi connectivity index (χ4n) is 1.62. The summed E-state index contributed by atoms with van der Waals surface area (Å²) in [4.78, 5) is 0. The highest BCUT2D eigenvalue weighted by atomic mass is 79.9. The molecular formula is C12H16BrN3Si. The van der Waals surface area contributed by atoms with E-state index in [1.165, 1.54) is 5.56 Å². The first-order valence-electron chi connectivity index (χ1n) is 5.62. The van der Waals surface area contributed by atoms with Crippen LogP contribution in [0.25, 0.3) is 0 Å². The summed E-state index contributed by atoms with van der Waals surface area (Å²) in [5.74, 6) is 0. The van der Waals surface area contributed by atoms with Crippen molar-refractivity contribution in [1.29, 1.82) is 0 Å². The van der Waals surface area contributed by atoms with E-state index in [4.69, 9.17) is 0 Å². The summed E-state index contributed by atoms with van der Waals surface area (Å²) in [5, 5.41) is 9.68. The van der Waals surface area contributed by atoms with E-state index in [0.29, 0.717) is 0 Å². The minimum Gasteiger partial charge on any atom is -0.234 e. The van der Waals surface area contributed by atoms with Gasteiger partial charge in [0.2, 0.25) is 0 Å². The number of aromatic nitrogens is 3. The maximum absolute atomic E-state index is 4.31. The van der Waals surface area contributed by atoms with Crippen molar-refractivity contribution in [1.82, 2.24) is 15.0 Å². The van der Waals surface area contributed by atoms with Crippen LogP contribution < -0.4 is 5.32 Å². The van der Waals surface area contributed by atoms with Gasteiger partial charge in [0.1, 0.15) is 12.7 Å². The molecule has 0 aliphatic carbocycles. The molecule has 0 radical (unpaired) electrons. The Hall–Kier alpha value is -0.943. The molecule has 0 bridgehead atoms. The standard InChI is InChI=1S/C12H16BrN3Si/c1-17(2,3)12-11(13)16(15-14-12)9-10-7-5-4-6-8-10/h4-8H,9H2,1-3H3. The number of hydrogen-bond donors (Lipinski definition) is 0. The molecule has 0 aliphatic rings. The molecule has 0 saturated heterocycles. The zero-order chi connectivity index (χ0) is 12.5. The minimum atomic E-state index is -1.42. The van der Waals surface area contributed by atoms with Gasteiger partial charge in [-0.1, -0.05) is 55.2 Å². The van der Waals surface area contributed by atoms with Gasteiger partial charge in [0.25, 0.3) is 0 Å². The molecule has 5 heteroatoms. The van der Waals surface area contributed by atoms with Crippen LogP contribution in [0.4, 0.5) is 0 Å². The second-order valence-corrected chi connectivity index (χ2v) is 10.8. The van der Waals surface area contributed by atoms with Crippen LogP contribution in [0.15, 0.2) is 34.9 Å². The molecule has 0 aliphatic heterocycles. The van der Waals surface area contributed by atoms with Crippen LogP contribution in [0.3, 0.4) is 0 Å². The van der Waals surface area contributed by atoms with Gasteiger partial charge in [0.15, 0.2) is 0 Å². The molecule has 0 N–H and O–H groups in total. The highest BCUT2D eigenvalue weighted by molar-refractivity contribution is 9.10. The Bertz CT molecular complexity index is 502. The molecule has 2 rings (SSSR count). The van der Waals surface area contributed by atoms with Crippen LogP contribution in [0, 0.1) is 0 Å². The monoisotopic (exact) mass is 309 g/mol. The van der Waals surface area contributed by atoms with Crippen molar-refractivity contribution in [3.05, 3.63) is 40.5 Å². The highest BCUT2D eigenvalue weighted by Crippen LogP contribution is 2.13. The molecule has 1 heterocycles. The third kappa shape index (κ3) is 2.84. The predicted octanol–water partition coefficient (Wildman–Crippen LogP) is 2.63. The first-order chi connectivity index (χ1) is 7.98. The normalized spacial score (nSPS) is 11.8. The van der Waals surface area contributed by atoms with Gasteiger partial charge in [0, 0.05) is 0 Å². The van der Waals surface area contributed by atoms with Gasteiger partial charge >= 0.3 is 0 Å². The zero-order valence-corrected chi connectivity index (χ0v) is 12.9. The van der Waals surface area contributed by atoms with Crippen molar-refractivity contribution in [2.75, 3.05) is 0 Å². The van der Waals surface area contributed by atoms with Crippen molar-refractivity contribution in [3.8, 4) is 0 Å². The summed E-state index contributed by atoms with van der Waals surface area (Å²) >= 11 is 3.62. The third-order valence-electron chi connectivity index (χ3n) is 2.56. The van der Waals surface area contributed by atoms with E-state index >= 15 is 0 Å². The van der Waals surface area contributed by atoms with E-state index in [-0.39, 0.29) is 0 Å². The average molecular weight is 310 g/mol. The van der Waals surface area contributed by atoms with Crippen molar-refractivity contribution in [2.24, 2.45) is 0 Å². The maximum atomic E-state index is 4.31. The van der Waals surface area contributed by atoms with E-state index in [9.17, 15) is 0 Å². The summed E-state index contributed by atoms with van der Waals surface area (Å²) < 4.78 is 2.95. The van der Waals surface area contributed by atoms with Gasteiger partial charge in [-0.15, -0.1) is 5.10 Å². The van der Waals surface area contributed by atoms with E-state index in [0.717, 1.165) is 16.5 Å². The molecule has 3 nitrogen and oxygen atoms in total. The van der Waals surface area contributed by atoms with Crippen LogP contribution in [0.2, 0.25) is 19.6 Å². The molecule has 0 atom stereocenters. The lowest BCUT2D eigenvalue weighted by Crippen LogP contribution is -2.39. The molecule has 17 heavy (non-hydrogen) atoms. The van der Waals surface area contributed by atoms with Crippen molar-refractivity contribution < 1.29 is 0 Å². The van der Waals surface area contributed by atoms with Crippen LogP contribution in [0.1, 0.15) is 5.56 Å². The van der Waals surface area contributed by atoms with Crippen molar-refractivity contribution in [3.63, 3.8) is 0 Å². The molecule has 2 aromatic rings. The lowest BCUT2D eigenvalue weighted by Gasteiger charge is -2.12. The molecule has 0 saturated carbocycles. The second-order valence-electron chi connectivity index (χ2n) is 5.12. The predicted molar refractivity (Wildman–Crippen MR) is 76.2 cm³/mol. The third-order valence-corrected chi connectivity index (χ3v) is 5.47. The number of hydrogen-bond acceptors (Lipinski definition) is 2. The smallest absolute Gasteiger partial charge is 0.123 e. The molecule has 90 valence electrons. The molecular weight excluding hydrogens is 294 g/mol. The van der Waals surface area contributed by atoms with E-state index in [1.807, 2.05) is 22.9 Å². The molecule has 0 spiro atoms. The van der Waals surface area contributed by atoms with Gasteiger partial charge in [-0.25, -0.2) is 4.68 Å². The Balaban J connectivity index is 2.27. The summed E-state index contributed by atoms with van der Waals surface area (Å²) in [6.45, 7) is 7.58. The van der Waals surface area contributed by atoms with Crippen LogP contribution in [-0.4, -0.2) is 23.1 Å². The van der Waals surface area contributed by atoms with Gasteiger partial charge in [-0.05, 0) is 21.5 Å². The van der Waals surface area contributed by atoms with Gasteiger partial charge < -0.3 is 0 Å². The highest BCUT2D eigenvalue weighted by Gasteiger charge is 2.25. The minimum absolute atomic E-state index is 0.763. The SMILES string of the molecule is C[Si](C)(C)c1nnn(Cc2ccccc2)c1Br. The lowest BCUT2D eigenvalue weighted by atomic mass is 10.2. The molecule has 1 aromatic carbocycles. The largest absolute Gasteiger partial charge is 0.234 e. The average Bonchev–Trinajstić information content (AvgIpc) is 2.61. The Morgan fingerprint density at radius 2 is 1.82 bits per heavy atom. The van der Waals surface area contributed by atoms with Gasteiger partial charge in [0.05, 0.1) is 11.9 Å². The topological polar surface area (TPSA) is 30.7 Å². The lowest BCUT2D eigenvalue weighted by molar-refractivity contribution is 0.638. The maximum Gasteiger partial charge on any atom is 0.123 e. The van der Waals surface area contributed by atoms with Crippen molar-refractivity contribution >= 4 is 29.3 Å². The number of benzene rings is 1. The molecule has 0 fully saturated rings. The summed E-state index contributed by atoms with van der Waals surface area (Å²) in [6, 6.07) is 10.3. The quantitative estimate of drug-likeness (QED) is 0.816. The first kappa shape index (κ1) is 12.5. The van der Waals surface area contributed by atoms with Gasteiger partial charge in [-0.3, -0.25) is 0 Å². The number of nitrogens with zero attached hydrogens (tertiary/aromatic N) is 3. The fraction of sp³-hybridized carbons (Fsp3) is 0.333. The summed E-state index contributed by atoms with van der Waals surface area (Å²) in [7, 11) is -1.42. The summed E-state index contributed by atoms with van der Waals surface area (Å²) in [5.41, 5.74) is 1.24. The Labute approximate surface area is 111 Å². The molecule has 1 aromatic heterocycles.